The summed E-state index contributed by atoms with van der Waals surface area (Å²) in [5.41, 5.74) is 0. The Morgan fingerprint density at radius 2 is 1.50 bits per heavy atom. The molecule has 0 spiro atoms. The highest BCUT2D eigenvalue weighted by Crippen LogP contribution is 2.02. The van der Waals surface area contributed by atoms with Crippen LogP contribution in [0.15, 0.2) is 30.3 Å². The maximum Gasteiger partial charge on any atom is 0.115 e. The van der Waals surface area contributed by atoms with Crippen LogP contribution in [0.1, 0.15) is 19.3 Å². The molecule has 2 nitrogen and oxygen atoms in total. The predicted molar refractivity (Wildman–Crippen MR) is 65.1 cm³/mol. The van der Waals surface area contributed by atoms with E-state index < -0.39 is 0 Å². The van der Waals surface area contributed by atoms with Gasteiger partial charge in [0.25, 0.3) is 0 Å². The summed E-state index contributed by atoms with van der Waals surface area (Å²) in [7, 11) is 0. The van der Waals surface area contributed by atoms with Crippen molar-refractivity contribution in [1.29, 1.82) is 0 Å². The van der Waals surface area contributed by atoms with Gasteiger partial charge in [-0.1, -0.05) is 24.6 Å². The third-order valence-electron chi connectivity index (χ3n) is 1.96. The number of benzene rings is 1. The summed E-state index contributed by atoms with van der Waals surface area (Å²) in [4.78, 5) is 0. The van der Waals surface area contributed by atoms with Gasteiger partial charge < -0.3 is 10.4 Å². The minimum Gasteiger partial charge on any atom is -0.508 e. The first kappa shape index (κ1) is 13.5. The molecule has 1 aromatic carbocycles. The van der Waals surface area contributed by atoms with E-state index in [9.17, 15) is 0 Å². The van der Waals surface area contributed by atoms with Gasteiger partial charge in [-0.25, -0.2) is 0 Å². The van der Waals surface area contributed by atoms with Gasteiger partial charge in [0.05, 0.1) is 0 Å². The molecule has 0 aromatic heterocycles. The van der Waals surface area contributed by atoms with Crippen molar-refractivity contribution in [2.45, 2.75) is 19.3 Å². The molecule has 0 saturated carbocycles. The molecule has 1 fully saturated rings. The Labute approximate surface area is 96.1 Å². The zero-order chi connectivity index (χ0) is 9.36. The first-order chi connectivity index (χ1) is 6.39. The number of para-hydroxylation sites is 1. The Balaban J connectivity index is 0.000000227. The van der Waals surface area contributed by atoms with Crippen molar-refractivity contribution in [1.82, 2.24) is 5.32 Å². The lowest BCUT2D eigenvalue weighted by Crippen LogP contribution is -2.21. The Morgan fingerprint density at radius 3 is 1.71 bits per heavy atom. The van der Waals surface area contributed by atoms with Gasteiger partial charge in [0.1, 0.15) is 5.75 Å². The third kappa shape index (κ3) is 6.92. The van der Waals surface area contributed by atoms with Crippen LogP contribution in [0.4, 0.5) is 0 Å². The zero-order valence-corrected chi connectivity index (χ0v) is 9.99. The molecule has 0 atom stereocenters. The molecule has 1 aliphatic heterocycles. The van der Waals surface area contributed by atoms with Crippen molar-refractivity contribution in [3.05, 3.63) is 30.3 Å². The van der Waals surface area contributed by atoms with E-state index in [1.807, 2.05) is 6.07 Å². The summed E-state index contributed by atoms with van der Waals surface area (Å²) in [5.74, 6) is 0.322. The van der Waals surface area contributed by atoms with Crippen LogP contribution in [-0.2, 0) is 0 Å². The second-order valence-corrected chi connectivity index (χ2v) is 3.15. The van der Waals surface area contributed by atoms with Gasteiger partial charge in [0.15, 0.2) is 0 Å². The summed E-state index contributed by atoms with van der Waals surface area (Å²) in [6.45, 7) is 2.50. The smallest absolute Gasteiger partial charge is 0.115 e. The maximum atomic E-state index is 8.63. The molecule has 2 N–H and O–H groups in total. The quantitative estimate of drug-likeness (QED) is 0.751. The third-order valence-corrected chi connectivity index (χ3v) is 1.96. The lowest BCUT2D eigenvalue weighted by atomic mass is 10.2. The van der Waals surface area contributed by atoms with E-state index in [0.717, 1.165) is 0 Å². The Morgan fingerprint density at radius 1 is 0.929 bits per heavy atom. The summed E-state index contributed by atoms with van der Waals surface area (Å²) >= 11 is 0. The first-order valence-electron chi connectivity index (χ1n) is 4.84. The highest BCUT2D eigenvalue weighted by molar-refractivity contribution is 8.93. The molecule has 80 valence electrons. The van der Waals surface area contributed by atoms with Crippen LogP contribution in [0.5, 0.6) is 5.75 Å². The number of piperidine rings is 1. The van der Waals surface area contributed by atoms with Crippen LogP contribution in [0, 0.1) is 0 Å². The van der Waals surface area contributed by atoms with Crippen LogP contribution in [0.2, 0.25) is 0 Å². The van der Waals surface area contributed by atoms with Gasteiger partial charge in [-0.2, -0.15) is 0 Å². The van der Waals surface area contributed by atoms with E-state index in [2.05, 4.69) is 5.32 Å². The summed E-state index contributed by atoms with van der Waals surface area (Å²) in [5, 5.41) is 11.9. The average Bonchev–Trinajstić information content (AvgIpc) is 2.22. The molecule has 0 unspecified atom stereocenters. The molecule has 0 radical (unpaired) electrons. The number of halogens is 1. The lowest BCUT2D eigenvalue weighted by Gasteiger charge is -2.08. The molecule has 1 aliphatic rings. The number of phenolic OH excluding ortho intramolecular Hbond substituents is 1. The molecule has 2 rings (SSSR count). The fourth-order valence-electron chi connectivity index (χ4n) is 1.23. The topological polar surface area (TPSA) is 32.3 Å². The molecule has 3 heteroatoms. The summed E-state index contributed by atoms with van der Waals surface area (Å²) in [6, 6.07) is 8.71. The fraction of sp³-hybridized carbons (Fsp3) is 0.455. The molecule has 1 saturated heterocycles. The number of hydrogen-bond donors (Lipinski definition) is 2. The van der Waals surface area contributed by atoms with Crippen molar-refractivity contribution in [2.24, 2.45) is 0 Å². The van der Waals surface area contributed by atoms with Crippen molar-refractivity contribution < 1.29 is 5.11 Å². The van der Waals surface area contributed by atoms with E-state index in [1.165, 1.54) is 32.4 Å². The van der Waals surface area contributed by atoms with E-state index >= 15 is 0 Å². The standard InChI is InChI=1S/C6H6O.C5H11N.BrH/c7-6-4-2-1-3-5-6;1-2-4-6-5-3-1;/h1-5,7H;6H,1-5H2;1H. The molecule has 0 amide bonds. The molecule has 1 aromatic rings. The fourth-order valence-corrected chi connectivity index (χ4v) is 1.23. The second-order valence-electron chi connectivity index (χ2n) is 3.15. The highest BCUT2D eigenvalue weighted by Gasteiger charge is 1.93. The predicted octanol–water partition coefficient (Wildman–Crippen LogP) is 2.73. The van der Waals surface area contributed by atoms with E-state index in [4.69, 9.17) is 5.11 Å². The molecular weight excluding hydrogens is 242 g/mol. The number of aromatic hydroxyl groups is 1. The van der Waals surface area contributed by atoms with Gasteiger partial charge in [-0.3, -0.25) is 0 Å². The monoisotopic (exact) mass is 259 g/mol. The number of hydrogen-bond acceptors (Lipinski definition) is 2. The number of phenols is 1. The van der Waals surface area contributed by atoms with Crippen LogP contribution in [-0.4, -0.2) is 18.2 Å². The molecule has 1 heterocycles. The van der Waals surface area contributed by atoms with E-state index in [1.54, 1.807) is 24.3 Å². The number of rotatable bonds is 0. The zero-order valence-electron chi connectivity index (χ0n) is 8.28. The van der Waals surface area contributed by atoms with E-state index in [-0.39, 0.29) is 17.0 Å². The number of nitrogens with one attached hydrogen (secondary N) is 1. The van der Waals surface area contributed by atoms with E-state index in [0.29, 0.717) is 5.75 Å². The largest absolute Gasteiger partial charge is 0.508 e. The van der Waals surface area contributed by atoms with Crippen molar-refractivity contribution in [3.63, 3.8) is 0 Å². The van der Waals surface area contributed by atoms with Crippen molar-refractivity contribution in [3.8, 4) is 5.75 Å². The van der Waals surface area contributed by atoms with Gasteiger partial charge in [-0.05, 0) is 38.1 Å². The van der Waals surface area contributed by atoms with Crippen molar-refractivity contribution >= 4 is 17.0 Å². The molecule has 0 bridgehead atoms. The molecular formula is C11H18BrNO. The van der Waals surface area contributed by atoms with Crippen LogP contribution < -0.4 is 5.32 Å². The minimum atomic E-state index is 0. The SMILES string of the molecule is Br.C1CCNCC1.Oc1ccccc1. The van der Waals surface area contributed by atoms with Crippen LogP contribution in [0.25, 0.3) is 0 Å². The van der Waals surface area contributed by atoms with Crippen molar-refractivity contribution in [2.75, 3.05) is 13.1 Å². The van der Waals surface area contributed by atoms with Gasteiger partial charge in [0.2, 0.25) is 0 Å². The Kier molecular flexibility index (Phi) is 8.68. The lowest BCUT2D eigenvalue weighted by molar-refractivity contribution is 0.475. The first-order valence-corrected chi connectivity index (χ1v) is 4.84. The Bertz CT molecular complexity index is 200. The van der Waals surface area contributed by atoms with Gasteiger partial charge >= 0.3 is 0 Å². The maximum absolute atomic E-state index is 8.63. The summed E-state index contributed by atoms with van der Waals surface area (Å²) < 4.78 is 0. The normalized spacial score (nSPS) is 14.6. The van der Waals surface area contributed by atoms with Crippen LogP contribution in [0.3, 0.4) is 0 Å². The highest BCUT2D eigenvalue weighted by atomic mass is 79.9. The Hall–Kier alpha value is -0.540. The minimum absolute atomic E-state index is 0. The second kappa shape index (κ2) is 9.03. The average molecular weight is 260 g/mol. The molecule has 14 heavy (non-hydrogen) atoms. The van der Waals surface area contributed by atoms with Gasteiger partial charge in [0, 0.05) is 0 Å². The summed E-state index contributed by atoms with van der Waals surface area (Å²) in [6.07, 6.45) is 4.22. The van der Waals surface area contributed by atoms with Crippen LogP contribution >= 0.6 is 17.0 Å². The molecule has 0 aliphatic carbocycles. The van der Waals surface area contributed by atoms with Gasteiger partial charge in [-0.15, -0.1) is 17.0 Å².